The summed E-state index contributed by atoms with van der Waals surface area (Å²) in [6.07, 6.45) is 0. The molecule has 1 saturated heterocycles. The van der Waals surface area contributed by atoms with Crippen LogP contribution in [-0.2, 0) is 4.79 Å². The molecule has 3 aromatic rings. The first-order chi connectivity index (χ1) is 16.2. The van der Waals surface area contributed by atoms with E-state index in [1.54, 1.807) is 4.90 Å². The zero-order valence-corrected chi connectivity index (χ0v) is 18.3. The molecule has 3 amide bonds. The zero-order chi connectivity index (χ0) is 22.9. The number of urea groups is 1. The smallest absolute Gasteiger partial charge is 0.321 e. The standard InChI is InChI=1S/C27H26N4O2/c32-26(28-24-11-5-2-6-12-24)21-30-16-18-31(19-17-30)27(33)29-25-13-7-10-23(20-25)15-14-22-8-3-1-4-9-22/h1-13,20H,16-19,21H2,(H,28,32)(H,29,33). The number of hydrogen-bond acceptors (Lipinski definition) is 3. The van der Waals surface area contributed by atoms with Gasteiger partial charge in [0, 0.05) is 48.7 Å². The highest BCUT2D eigenvalue weighted by Crippen LogP contribution is 2.12. The predicted octanol–water partition coefficient (Wildman–Crippen LogP) is 3.87. The van der Waals surface area contributed by atoms with Gasteiger partial charge in [-0.1, -0.05) is 54.3 Å². The van der Waals surface area contributed by atoms with Gasteiger partial charge in [-0.3, -0.25) is 9.69 Å². The van der Waals surface area contributed by atoms with E-state index in [1.165, 1.54) is 0 Å². The number of piperazine rings is 1. The monoisotopic (exact) mass is 438 g/mol. The second-order valence-electron chi connectivity index (χ2n) is 7.80. The van der Waals surface area contributed by atoms with E-state index < -0.39 is 0 Å². The molecule has 6 heteroatoms. The number of carbonyl (C=O) groups excluding carboxylic acids is 2. The van der Waals surface area contributed by atoms with Crippen molar-refractivity contribution in [3.8, 4) is 11.8 Å². The second-order valence-corrected chi connectivity index (χ2v) is 7.80. The number of anilines is 2. The zero-order valence-electron chi connectivity index (χ0n) is 18.3. The van der Waals surface area contributed by atoms with E-state index in [-0.39, 0.29) is 11.9 Å². The first-order valence-electron chi connectivity index (χ1n) is 11.0. The molecule has 0 saturated carbocycles. The number of rotatable bonds is 4. The van der Waals surface area contributed by atoms with E-state index in [4.69, 9.17) is 0 Å². The third-order valence-corrected chi connectivity index (χ3v) is 5.32. The van der Waals surface area contributed by atoms with Crippen LogP contribution in [0.3, 0.4) is 0 Å². The van der Waals surface area contributed by atoms with Gasteiger partial charge < -0.3 is 15.5 Å². The summed E-state index contributed by atoms with van der Waals surface area (Å²) in [5, 5.41) is 5.86. The topological polar surface area (TPSA) is 64.7 Å². The van der Waals surface area contributed by atoms with Gasteiger partial charge in [0.05, 0.1) is 6.54 Å². The molecule has 0 spiro atoms. The van der Waals surface area contributed by atoms with Crippen molar-refractivity contribution in [2.24, 2.45) is 0 Å². The predicted molar refractivity (Wildman–Crippen MR) is 131 cm³/mol. The summed E-state index contributed by atoms with van der Waals surface area (Å²) in [6, 6.07) is 26.6. The van der Waals surface area contributed by atoms with Gasteiger partial charge in [0.25, 0.3) is 0 Å². The molecule has 0 unspecified atom stereocenters. The third kappa shape index (κ3) is 6.70. The Bertz CT molecular complexity index is 1140. The summed E-state index contributed by atoms with van der Waals surface area (Å²) in [4.78, 5) is 28.8. The van der Waals surface area contributed by atoms with E-state index in [9.17, 15) is 9.59 Å². The minimum absolute atomic E-state index is 0.0486. The SMILES string of the molecule is O=C(CN1CCN(C(=O)Nc2cccc(C#Cc3ccccc3)c2)CC1)Nc1ccccc1. The van der Waals surface area contributed by atoms with Crippen LogP contribution in [0.2, 0.25) is 0 Å². The first kappa shape index (κ1) is 22.1. The Hall–Kier alpha value is -4.08. The van der Waals surface area contributed by atoms with E-state index in [0.29, 0.717) is 38.4 Å². The van der Waals surface area contributed by atoms with Crippen molar-refractivity contribution in [1.29, 1.82) is 0 Å². The minimum Gasteiger partial charge on any atom is -0.325 e. The number of nitrogens with one attached hydrogen (secondary N) is 2. The van der Waals surface area contributed by atoms with E-state index in [2.05, 4.69) is 27.4 Å². The summed E-state index contributed by atoms with van der Waals surface area (Å²) < 4.78 is 0. The van der Waals surface area contributed by atoms with Gasteiger partial charge in [-0.25, -0.2) is 4.79 Å². The lowest BCUT2D eigenvalue weighted by Crippen LogP contribution is -2.51. The Kier molecular flexibility index (Phi) is 7.36. The molecule has 1 aliphatic rings. The number of carbonyl (C=O) groups is 2. The van der Waals surface area contributed by atoms with Crippen molar-refractivity contribution in [2.75, 3.05) is 43.4 Å². The summed E-state index contributed by atoms with van der Waals surface area (Å²) >= 11 is 0. The van der Waals surface area contributed by atoms with Crippen molar-refractivity contribution in [1.82, 2.24) is 9.80 Å². The molecule has 1 fully saturated rings. The van der Waals surface area contributed by atoms with Crippen molar-refractivity contribution in [2.45, 2.75) is 0 Å². The lowest BCUT2D eigenvalue weighted by molar-refractivity contribution is -0.117. The Labute approximate surface area is 194 Å². The molecular formula is C27H26N4O2. The summed E-state index contributed by atoms with van der Waals surface area (Å²) in [7, 11) is 0. The quantitative estimate of drug-likeness (QED) is 0.608. The number of amides is 3. The molecule has 0 radical (unpaired) electrons. The fourth-order valence-corrected chi connectivity index (χ4v) is 3.58. The Balaban J connectivity index is 1.25. The highest BCUT2D eigenvalue weighted by Gasteiger charge is 2.22. The third-order valence-electron chi connectivity index (χ3n) is 5.32. The van der Waals surface area contributed by atoms with Crippen LogP contribution in [0.4, 0.5) is 16.2 Å². The van der Waals surface area contributed by atoms with Crippen molar-refractivity contribution in [3.63, 3.8) is 0 Å². The lowest BCUT2D eigenvalue weighted by Gasteiger charge is -2.34. The fraction of sp³-hybridized carbons (Fsp3) is 0.185. The Morgan fingerprint density at radius 2 is 1.30 bits per heavy atom. The molecule has 33 heavy (non-hydrogen) atoms. The molecule has 4 rings (SSSR count). The number of benzene rings is 3. The van der Waals surface area contributed by atoms with Crippen molar-refractivity contribution >= 4 is 23.3 Å². The van der Waals surface area contributed by atoms with Crippen molar-refractivity contribution < 1.29 is 9.59 Å². The van der Waals surface area contributed by atoms with Gasteiger partial charge in [0.15, 0.2) is 0 Å². The van der Waals surface area contributed by atoms with Crippen LogP contribution in [0, 0.1) is 11.8 Å². The molecule has 0 bridgehead atoms. The summed E-state index contributed by atoms with van der Waals surface area (Å²) in [5.74, 6) is 6.22. The molecule has 166 valence electrons. The van der Waals surface area contributed by atoms with Gasteiger partial charge in [-0.05, 0) is 42.5 Å². The lowest BCUT2D eigenvalue weighted by atomic mass is 10.1. The van der Waals surface area contributed by atoms with Gasteiger partial charge in [-0.2, -0.15) is 0 Å². The van der Waals surface area contributed by atoms with E-state index in [1.807, 2.05) is 84.9 Å². The normalized spacial score (nSPS) is 13.5. The van der Waals surface area contributed by atoms with Crippen LogP contribution in [0.15, 0.2) is 84.9 Å². The van der Waals surface area contributed by atoms with Gasteiger partial charge in [-0.15, -0.1) is 0 Å². The van der Waals surface area contributed by atoms with Crippen LogP contribution in [-0.4, -0.2) is 54.5 Å². The number of nitrogens with zero attached hydrogens (tertiary/aromatic N) is 2. The number of para-hydroxylation sites is 1. The fourth-order valence-electron chi connectivity index (χ4n) is 3.58. The molecule has 0 aliphatic carbocycles. The first-order valence-corrected chi connectivity index (χ1v) is 11.0. The molecule has 3 aromatic carbocycles. The molecular weight excluding hydrogens is 412 g/mol. The van der Waals surface area contributed by atoms with E-state index >= 15 is 0 Å². The Morgan fingerprint density at radius 3 is 2.03 bits per heavy atom. The summed E-state index contributed by atoms with van der Waals surface area (Å²) in [5.41, 5.74) is 3.29. The second kappa shape index (κ2) is 11.0. The maximum Gasteiger partial charge on any atom is 0.321 e. The van der Waals surface area contributed by atoms with Gasteiger partial charge in [0.2, 0.25) is 5.91 Å². The molecule has 1 aliphatic heterocycles. The maximum atomic E-state index is 12.7. The summed E-state index contributed by atoms with van der Waals surface area (Å²) in [6.45, 7) is 2.75. The Morgan fingerprint density at radius 1 is 0.697 bits per heavy atom. The van der Waals surface area contributed by atoms with Crippen LogP contribution in [0.5, 0.6) is 0 Å². The van der Waals surface area contributed by atoms with Crippen LogP contribution in [0.1, 0.15) is 11.1 Å². The van der Waals surface area contributed by atoms with E-state index in [0.717, 1.165) is 16.8 Å². The van der Waals surface area contributed by atoms with Crippen molar-refractivity contribution in [3.05, 3.63) is 96.1 Å². The molecule has 1 heterocycles. The van der Waals surface area contributed by atoms with Crippen LogP contribution < -0.4 is 10.6 Å². The average Bonchev–Trinajstić information content (AvgIpc) is 2.85. The number of hydrogen-bond donors (Lipinski definition) is 2. The van der Waals surface area contributed by atoms with Crippen LogP contribution in [0.25, 0.3) is 0 Å². The van der Waals surface area contributed by atoms with Gasteiger partial charge in [0.1, 0.15) is 0 Å². The highest BCUT2D eigenvalue weighted by molar-refractivity contribution is 5.92. The maximum absolute atomic E-state index is 12.7. The largest absolute Gasteiger partial charge is 0.325 e. The molecule has 0 atom stereocenters. The molecule has 2 N–H and O–H groups in total. The molecule has 6 nitrogen and oxygen atoms in total. The minimum atomic E-state index is -0.142. The van der Waals surface area contributed by atoms with Crippen LogP contribution >= 0.6 is 0 Å². The average molecular weight is 439 g/mol. The van der Waals surface area contributed by atoms with Gasteiger partial charge >= 0.3 is 6.03 Å². The molecule has 0 aromatic heterocycles. The highest BCUT2D eigenvalue weighted by atomic mass is 16.2.